The van der Waals surface area contributed by atoms with Crippen LogP contribution in [-0.4, -0.2) is 29.3 Å². The molecule has 1 heterocycles. The molecule has 2 aliphatic rings. The first kappa shape index (κ1) is 16.7. The highest BCUT2D eigenvalue weighted by molar-refractivity contribution is 5.94. The zero-order valence-corrected chi connectivity index (χ0v) is 14.3. The zero-order valence-electron chi connectivity index (χ0n) is 14.3. The Bertz CT molecular complexity index is 617. The van der Waals surface area contributed by atoms with Gasteiger partial charge in [-0.2, -0.15) is 0 Å². The van der Waals surface area contributed by atoms with E-state index in [4.69, 9.17) is 0 Å². The Hall–Kier alpha value is -2.10. The molecule has 0 spiro atoms. The van der Waals surface area contributed by atoms with Crippen LogP contribution in [-0.2, 0) is 16.0 Å². The second-order valence-electron chi connectivity index (χ2n) is 6.82. The third-order valence-corrected chi connectivity index (χ3v) is 4.76. The van der Waals surface area contributed by atoms with Crippen LogP contribution in [0.5, 0.6) is 0 Å². The first-order chi connectivity index (χ1) is 11.7. The van der Waals surface area contributed by atoms with Crippen molar-refractivity contribution in [2.75, 3.05) is 11.9 Å². The van der Waals surface area contributed by atoms with E-state index in [0.717, 1.165) is 49.9 Å². The number of anilines is 1. The van der Waals surface area contributed by atoms with Crippen molar-refractivity contribution in [1.29, 1.82) is 0 Å². The zero-order chi connectivity index (χ0) is 16.9. The molecular weight excluding hydrogens is 300 g/mol. The summed E-state index contributed by atoms with van der Waals surface area (Å²) in [5.74, 6) is 0.491. The van der Waals surface area contributed by atoms with Crippen LogP contribution in [0.15, 0.2) is 36.4 Å². The Balaban J connectivity index is 1.53. The number of hydrogen-bond donors (Lipinski definition) is 1. The smallest absolute Gasteiger partial charge is 0.227 e. The molecule has 24 heavy (non-hydrogen) atoms. The number of nitrogens with zero attached hydrogens (tertiary/aromatic N) is 1. The molecule has 1 unspecified atom stereocenters. The summed E-state index contributed by atoms with van der Waals surface area (Å²) in [7, 11) is 0. The van der Waals surface area contributed by atoms with Gasteiger partial charge in [0.15, 0.2) is 0 Å². The molecule has 0 saturated heterocycles. The number of unbranched alkanes of at least 4 members (excludes halogenated alkanes) is 1. The van der Waals surface area contributed by atoms with Crippen molar-refractivity contribution in [2.45, 2.75) is 51.5 Å². The summed E-state index contributed by atoms with van der Waals surface area (Å²) in [5, 5.41) is 2.93. The van der Waals surface area contributed by atoms with Gasteiger partial charge in [0, 0.05) is 18.2 Å². The Morgan fingerprint density at radius 3 is 2.62 bits per heavy atom. The topological polar surface area (TPSA) is 49.4 Å². The van der Waals surface area contributed by atoms with Crippen molar-refractivity contribution >= 4 is 17.5 Å². The minimum Gasteiger partial charge on any atom is -0.332 e. The minimum atomic E-state index is 0.112. The van der Waals surface area contributed by atoms with Gasteiger partial charge < -0.3 is 10.2 Å². The molecule has 0 aromatic heterocycles. The minimum absolute atomic E-state index is 0.112. The van der Waals surface area contributed by atoms with Gasteiger partial charge in [0.25, 0.3) is 0 Å². The summed E-state index contributed by atoms with van der Waals surface area (Å²) in [6, 6.07) is 7.91. The van der Waals surface area contributed by atoms with Crippen LogP contribution in [0.25, 0.3) is 0 Å². The Morgan fingerprint density at radius 2 is 1.96 bits per heavy atom. The van der Waals surface area contributed by atoms with Crippen LogP contribution in [0.3, 0.4) is 0 Å². The van der Waals surface area contributed by atoms with E-state index >= 15 is 0 Å². The highest BCUT2D eigenvalue weighted by atomic mass is 16.2. The van der Waals surface area contributed by atoms with Crippen LogP contribution in [0.2, 0.25) is 0 Å². The predicted molar refractivity (Wildman–Crippen MR) is 95.7 cm³/mol. The average Bonchev–Trinajstić information content (AvgIpc) is 3.33. The van der Waals surface area contributed by atoms with Crippen molar-refractivity contribution in [1.82, 2.24) is 4.90 Å². The molecule has 3 rings (SSSR count). The fourth-order valence-electron chi connectivity index (χ4n) is 3.09. The Kier molecular flexibility index (Phi) is 5.34. The molecular formula is C20H26N2O2. The number of carbonyl (C=O) groups excluding carboxylic acids is 2. The molecule has 0 bridgehead atoms. The highest BCUT2D eigenvalue weighted by Gasteiger charge is 2.29. The maximum Gasteiger partial charge on any atom is 0.227 e. The van der Waals surface area contributed by atoms with E-state index in [1.807, 2.05) is 29.2 Å². The summed E-state index contributed by atoms with van der Waals surface area (Å²) in [6.45, 7) is 2.90. The molecule has 1 N–H and O–H groups in total. The van der Waals surface area contributed by atoms with Crippen molar-refractivity contribution in [2.24, 2.45) is 5.92 Å². The van der Waals surface area contributed by atoms with Crippen molar-refractivity contribution < 1.29 is 9.59 Å². The maximum atomic E-state index is 12.6. The van der Waals surface area contributed by atoms with Gasteiger partial charge in [-0.3, -0.25) is 9.59 Å². The fourth-order valence-corrected chi connectivity index (χ4v) is 3.09. The summed E-state index contributed by atoms with van der Waals surface area (Å²) in [4.78, 5) is 26.3. The third-order valence-electron chi connectivity index (χ3n) is 4.76. The summed E-state index contributed by atoms with van der Waals surface area (Å²) in [5.41, 5.74) is 1.80. The first-order valence-corrected chi connectivity index (χ1v) is 9.03. The molecule has 1 fully saturated rings. The number of hydrogen-bond acceptors (Lipinski definition) is 2. The van der Waals surface area contributed by atoms with Gasteiger partial charge in [-0.25, -0.2) is 0 Å². The molecule has 1 aromatic rings. The van der Waals surface area contributed by atoms with Crippen LogP contribution in [0.4, 0.5) is 5.69 Å². The summed E-state index contributed by atoms with van der Waals surface area (Å²) < 4.78 is 0. The molecule has 4 nitrogen and oxygen atoms in total. The Morgan fingerprint density at radius 1 is 1.21 bits per heavy atom. The molecule has 1 aliphatic carbocycles. The van der Waals surface area contributed by atoms with Gasteiger partial charge in [0.05, 0.1) is 12.5 Å². The number of amides is 2. The van der Waals surface area contributed by atoms with E-state index in [0.29, 0.717) is 6.42 Å². The largest absolute Gasteiger partial charge is 0.332 e. The lowest BCUT2D eigenvalue weighted by atomic mass is 10.1. The van der Waals surface area contributed by atoms with E-state index in [1.54, 1.807) is 0 Å². The molecule has 2 amide bonds. The molecule has 1 saturated carbocycles. The van der Waals surface area contributed by atoms with E-state index < -0.39 is 0 Å². The highest BCUT2D eigenvalue weighted by Crippen LogP contribution is 2.30. The van der Waals surface area contributed by atoms with Gasteiger partial charge in [-0.1, -0.05) is 44.1 Å². The first-order valence-electron chi connectivity index (χ1n) is 9.03. The van der Waals surface area contributed by atoms with Crippen molar-refractivity contribution in [3.63, 3.8) is 0 Å². The second-order valence-corrected chi connectivity index (χ2v) is 6.82. The molecule has 1 aromatic carbocycles. The van der Waals surface area contributed by atoms with Gasteiger partial charge in [0.1, 0.15) is 0 Å². The number of benzene rings is 1. The molecule has 4 heteroatoms. The standard InChI is InChI=1S/C20H26N2O2/c1-2-3-5-18-6-4-13-22(18)19(23)14-15-7-11-17(12-8-15)21-20(24)16-9-10-16/h4,6-8,11-12,16,18H,2-3,5,9-10,13-14H2,1H3,(H,21,24). The monoisotopic (exact) mass is 326 g/mol. The SMILES string of the molecule is CCCCC1C=CCN1C(=O)Cc1ccc(NC(=O)C2CC2)cc1. The maximum absolute atomic E-state index is 12.6. The molecule has 128 valence electrons. The van der Waals surface area contributed by atoms with Gasteiger partial charge >= 0.3 is 0 Å². The lowest BCUT2D eigenvalue weighted by Gasteiger charge is -2.24. The Labute approximate surface area is 143 Å². The number of rotatable bonds is 7. The van der Waals surface area contributed by atoms with Crippen LogP contribution < -0.4 is 5.32 Å². The van der Waals surface area contributed by atoms with Gasteiger partial charge in [-0.05, 0) is 37.0 Å². The van der Waals surface area contributed by atoms with Crippen LogP contribution in [0.1, 0.15) is 44.6 Å². The number of nitrogens with one attached hydrogen (secondary N) is 1. The van der Waals surface area contributed by atoms with Crippen molar-refractivity contribution in [3.8, 4) is 0 Å². The van der Waals surface area contributed by atoms with E-state index in [2.05, 4.69) is 24.4 Å². The lowest BCUT2D eigenvalue weighted by Crippen LogP contribution is -2.37. The van der Waals surface area contributed by atoms with Gasteiger partial charge in [0.2, 0.25) is 11.8 Å². The summed E-state index contributed by atoms with van der Waals surface area (Å²) >= 11 is 0. The molecule has 1 aliphatic heterocycles. The fraction of sp³-hybridized carbons (Fsp3) is 0.500. The van der Waals surface area contributed by atoms with E-state index in [-0.39, 0.29) is 23.8 Å². The average molecular weight is 326 g/mol. The van der Waals surface area contributed by atoms with Crippen molar-refractivity contribution in [3.05, 3.63) is 42.0 Å². The molecule has 0 radical (unpaired) electrons. The quantitative estimate of drug-likeness (QED) is 0.779. The number of carbonyl (C=O) groups is 2. The van der Waals surface area contributed by atoms with Crippen LogP contribution in [0, 0.1) is 5.92 Å². The second kappa shape index (κ2) is 7.65. The predicted octanol–water partition coefficient (Wildman–Crippen LogP) is 3.53. The van der Waals surface area contributed by atoms with E-state index in [9.17, 15) is 9.59 Å². The molecule has 1 atom stereocenters. The van der Waals surface area contributed by atoms with E-state index in [1.165, 1.54) is 0 Å². The normalized spacial score (nSPS) is 19.5. The lowest BCUT2D eigenvalue weighted by molar-refractivity contribution is -0.131. The third kappa shape index (κ3) is 4.25. The van der Waals surface area contributed by atoms with Gasteiger partial charge in [-0.15, -0.1) is 0 Å². The van der Waals surface area contributed by atoms with Crippen LogP contribution >= 0.6 is 0 Å². The summed E-state index contributed by atoms with van der Waals surface area (Å²) in [6.07, 6.45) is 10.0.